The summed E-state index contributed by atoms with van der Waals surface area (Å²) in [5.41, 5.74) is 1.32. The molecule has 2 aromatic heterocycles. The van der Waals surface area contributed by atoms with Crippen LogP contribution < -0.4 is 5.32 Å². The highest BCUT2D eigenvalue weighted by molar-refractivity contribution is 8.02. The molecule has 1 saturated heterocycles. The smallest absolute Gasteiger partial charge is 0.235 e. The molecule has 0 saturated carbocycles. The van der Waals surface area contributed by atoms with Gasteiger partial charge in [0.15, 0.2) is 4.34 Å². The van der Waals surface area contributed by atoms with E-state index in [4.69, 9.17) is 0 Å². The lowest BCUT2D eigenvalue weighted by atomic mass is 10.2. The normalized spacial score (nSPS) is 15.7. The van der Waals surface area contributed by atoms with E-state index in [1.54, 1.807) is 11.3 Å². The minimum atomic E-state index is -0.160. The van der Waals surface area contributed by atoms with Crippen molar-refractivity contribution in [3.05, 3.63) is 58.3 Å². The first-order chi connectivity index (χ1) is 15.2. The minimum absolute atomic E-state index is 0.160. The molecule has 0 radical (unpaired) electrons. The number of rotatable bonds is 9. The molecule has 1 aliphatic rings. The van der Waals surface area contributed by atoms with E-state index >= 15 is 0 Å². The molecule has 1 aromatic carbocycles. The topological polar surface area (TPSA) is 61.4 Å². The number of aromatic nitrogens is 2. The molecule has 6 nitrogen and oxygen atoms in total. The zero-order valence-electron chi connectivity index (χ0n) is 17.6. The standard InChI is InChI=1S/C22H27N5OS3/c1-17(30-22-25-24-21(31-22)23-10-9-19-8-5-15-29-19)20(28)27-13-11-26(12-14-27)16-18-6-3-2-4-7-18/h2-8,15,17H,9-14,16H2,1H3,(H,23,24). The van der Waals surface area contributed by atoms with Crippen LogP contribution in [-0.4, -0.2) is 63.9 Å². The Morgan fingerprint density at radius 3 is 2.68 bits per heavy atom. The molecule has 1 unspecified atom stereocenters. The molecule has 1 N–H and O–H groups in total. The molecule has 1 fully saturated rings. The molecular weight excluding hydrogens is 446 g/mol. The van der Waals surface area contributed by atoms with Gasteiger partial charge in [0.2, 0.25) is 11.0 Å². The maximum Gasteiger partial charge on any atom is 0.235 e. The Balaban J connectivity index is 1.19. The summed E-state index contributed by atoms with van der Waals surface area (Å²) in [6.45, 7) is 7.13. The second-order valence-electron chi connectivity index (χ2n) is 7.48. The second kappa shape index (κ2) is 11.1. The molecule has 31 heavy (non-hydrogen) atoms. The maximum atomic E-state index is 12.9. The van der Waals surface area contributed by atoms with Crippen molar-refractivity contribution in [1.29, 1.82) is 0 Å². The van der Waals surface area contributed by atoms with Gasteiger partial charge in [-0.05, 0) is 30.4 Å². The lowest BCUT2D eigenvalue weighted by molar-refractivity contribution is -0.132. The number of amides is 1. The fourth-order valence-corrected chi connectivity index (χ4v) is 6.22. The fourth-order valence-electron chi connectivity index (χ4n) is 3.50. The van der Waals surface area contributed by atoms with E-state index in [9.17, 15) is 4.79 Å². The number of anilines is 1. The highest BCUT2D eigenvalue weighted by Crippen LogP contribution is 2.30. The van der Waals surface area contributed by atoms with Crippen molar-refractivity contribution in [2.75, 3.05) is 38.0 Å². The van der Waals surface area contributed by atoms with Crippen molar-refractivity contribution in [2.45, 2.75) is 29.5 Å². The van der Waals surface area contributed by atoms with E-state index in [0.29, 0.717) is 0 Å². The van der Waals surface area contributed by atoms with E-state index in [2.05, 4.69) is 62.2 Å². The van der Waals surface area contributed by atoms with Gasteiger partial charge in [-0.25, -0.2) is 0 Å². The number of nitrogens with one attached hydrogen (secondary N) is 1. The number of benzene rings is 1. The summed E-state index contributed by atoms with van der Waals surface area (Å²) in [7, 11) is 0. The Morgan fingerprint density at radius 1 is 1.13 bits per heavy atom. The third kappa shape index (κ3) is 6.52. The largest absolute Gasteiger partial charge is 0.360 e. The van der Waals surface area contributed by atoms with E-state index in [1.165, 1.54) is 33.5 Å². The van der Waals surface area contributed by atoms with Gasteiger partial charge >= 0.3 is 0 Å². The van der Waals surface area contributed by atoms with E-state index < -0.39 is 0 Å². The fraction of sp³-hybridized carbons (Fsp3) is 0.409. The van der Waals surface area contributed by atoms with Crippen molar-refractivity contribution in [3.8, 4) is 0 Å². The highest BCUT2D eigenvalue weighted by Gasteiger charge is 2.26. The predicted molar refractivity (Wildman–Crippen MR) is 130 cm³/mol. The summed E-state index contributed by atoms with van der Waals surface area (Å²) in [6.07, 6.45) is 0.977. The molecule has 4 rings (SSSR count). The predicted octanol–water partition coefficient (Wildman–Crippen LogP) is 4.08. The number of thioether (sulfide) groups is 1. The average Bonchev–Trinajstić information content (AvgIpc) is 3.47. The third-order valence-corrected chi connectivity index (χ3v) is 8.18. The molecule has 0 bridgehead atoms. The van der Waals surface area contributed by atoms with Gasteiger partial charge in [-0.15, -0.1) is 21.5 Å². The molecule has 164 valence electrons. The van der Waals surface area contributed by atoms with Crippen LogP contribution >= 0.6 is 34.4 Å². The van der Waals surface area contributed by atoms with Crippen molar-refractivity contribution < 1.29 is 4.79 Å². The number of hydrogen-bond acceptors (Lipinski definition) is 8. The summed E-state index contributed by atoms with van der Waals surface area (Å²) >= 11 is 4.79. The Morgan fingerprint density at radius 2 is 1.94 bits per heavy atom. The number of thiophene rings is 1. The Hall–Kier alpha value is -1.94. The molecule has 9 heteroatoms. The average molecular weight is 474 g/mol. The Labute approximate surface area is 195 Å². The quantitative estimate of drug-likeness (QED) is 0.473. The van der Waals surface area contributed by atoms with Gasteiger partial charge in [-0.1, -0.05) is 59.5 Å². The van der Waals surface area contributed by atoms with Crippen molar-refractivity contribution in [2.24, 2.45) is 0 Å². The molecule has 0 spiro atoms. The zero-order chi connectivity index (χ0) is 21.5. The molecule has 0 aliphatic carbocycles. The van der Waals surface area contributed by atoms with Gasteiger partial charge in [-0.3, -0.25) is 9.69 Å². The SMILES string of the molecule is CC(Sc1nnc(NCCc2cccs2)s1)C(=O)N1CCN(Cc2ccccc2)CC1. The van der Waals surface area contributed by atoms with Gasteiger partial charge in [0.05, 0.1) is 5.25 Å². The van der Waals surface area contributed by atoms with Crippen LogP contribution in [0.3, 0.4) is 0 Å². The van der Waals surface area contributed by atoms with Gasteiger partial charge < -0.3 is 10.2 Å². The molecule has 1 atom stereocenters. The van der Waals surface area contributed by atoms with Crippen LogP contribution in [0.25, 0.3) is 0 Å². The molecule has 3 aromatic rings. The van der Waals surface area contributed by atoms with Crippen molar-refractivity contribution in [1.82, 2.24) is 20.0 Å². The summed E-state index contributed by atoms with van der Waals surface area (Å²) in [5, 5.41) is 14.5. The molecule has 3 heterocycles. The Bertz CT molecular complexity index is 939. The monoisotopic (exact) mass is 473 g/mol. The molecule has 1 amide bonds. The summed E-state index contributed by atoms with van der Waals surface area (Å²) in [5.74, 6) is 0.187. The molecular formula is C22H27N5OS3. The Kier molecular flexibility index (Phi) is 7.96. The van der Waals surface area contributed by atoms with Crippen LogP contribution in [-0.2, 0) is 17.8 Å². The van der Waals surface area contributed by atoms with Crippen LogP contribution in [0.4, 0.5) is 5.13 Å². The zero-order valence-corrected chi connectivity index (χ0v) is 20.0. The first kappa shape index (κ1) is 22.3. The van der Waals surface area contributed by atoms with Crippen LogP contribution in [0.2, 0.25) is 0 Å². The van der Waals surface area contributed by atoms with Gasteiger partial charge in [0, 0.05) is 44.1 Å². The van der Waals surface area contributed by atoms with Crippen LogP contribution in [0.5, 0.6) is 0 Å². The molecule has 1 aliphatic heterocycles. The number of carbonyl (C=O) groups excluding carboxylic acids is 1. The first-order valence-electron chi connectivity index (χ1n) is 10.5. The van der Waals surface area contributed by atoms with Crippen LogP contribution in [0.15, 0.2) is 52.2 Å². The maximum absolute atomic E-state index is 12.9. The lowest BCUT2D eigenvalue weighted by Crippen LogP contribution is -2.50. The number of nitrogens with zero attached hydrogens (tertiary/aromatic N) is 4. The minimum Gasteiger partial charge on any atom is -0.360 e. The first-order valence-corrected chi connectivity index (χ1v) is 13.1. The van der Waals surface area contributed by atoms with Crippen molar-refractivity contribution in [3.63, 3.8) is 0 Å². The number of carbonyl (C=O) groups is 1. The van der Waals surface area contributed by atoms with E-state index in [0.717, 1.165) is 55.2 Å². The summed E-state index contributed by atoms with van der Waals surface area (Å²) < 4.78 is 0.835. The lowest BCUT2D eigenvalue weighted by Gasteiger charge is -2.35. The van der Waals surface area contributed by atoms with Crippen molar-refractivity contribution >= 4 is 45.5 Å². The number of hydrogen-bond donors (Lipinski definition) is 1. The van der Waals surface area contributed by atoms with E-state index in [1.807, 2.05) is 17.9 Å². The summed E-state index contributed by atoms with van der Waals surface area (Å²) in [6, 6.07) is 14.7. The van der Waals surface area contributed by atoms with E-state index in [-0.39, 0.29) is 11.2 Å². The second-order valence-corrected chi connectivity index (χ2v) is 11.1. The highest BCUT2D eigenvalue weighted by atomic mass is 32.2. The van der Waals surface area contributed by atoms with Crippen LogP contribution in [0.1, 0.15) is 17.4 Å². The number of piperazine rings is 1. The van der Waals surface area contributed by atoms with Crippen LogP contribution in [0, 0.1) is 0 Å². The van der Waals surface area contributed by atoms with Gasteiger partial charge in [-0.2, -0.15) is 0 Å². The van der Waals surface area contributed by atoms with Gasteiger partial charge in [0.1, 0.15) is 0 Å². The third-order valence-electron chi connectivity index (χ3n) is 5.19. The van der Waals surface area contributed by atoms with Gasteiger partial charge in [0.25, 0.3) is 0 Å². The summed E-state index contributed by atoms with van der Waals surface area (Å²) in [4.78, 5) is 18.7.